The summed E-state index contributed by atoms with van der Waals surface area (Å²) in [4.78, 5) is 1.90. The first-order valence-electron chi connectivity index (χ1n) is 6.38. The summed E-state index contributed by atoms with van der Waals surface area (Å²) in [5, 5.41) is 7.67. The predicted octanol–water partition coefficient (Wildman–Crippen LogP) is 3.05. The Kier molecular flexibility index (Phi) is 4.03. The van der Waals surface area contributed by atoms with Gasteiger partial charge in [-0.05, 0) is 25.1 Å². The molecule has 0 amide bonds. The number of hydrogen-bond donors (Lipinski definition) is 2. The third-order valence-electron chi connectivity index (χ3n) is 3.22. The van der Waals surface area contributed by atoms with Gasteiger partial charge in [-0.2, -0.15) is 0 Å². The Morgan fingerprint density at radius 1 is 1.25 bits per heavy atom. The molecule has 0 fully saturated rings. The number of aryl methyl sites for hydroxylation is 1. The lowest BCUT2D eigenvalue weighted by atomic mass is 10.1. The number of nitrogens with zero attached hydrogens (tertiary/aromatic N) is 1. The van der Waals surface area contributed by atoms with Crippen LogP contribution < -0.4 is 10.6 Å². The van der Waals surface area contributed by atoms with Gasteiger partial charge < -0.3 is 10.6 Å². The quantitative estimate of drug-likeness (QED) is 0.663. The number of amidine groups is 1. The van der Waals surface area contributed by atoms with E-state index in [2.05, 4.69) is 0 Å². The summed E-state index contributed by atoms with van der Waals surface area (Å²) in [6.45, 7) is 2.38. The maximum atomic E-state index is 13.7. The van der Waals surface area contributed by atoms with Gasteiger partial charge in [-0.3, -0.25) is 5.41 Å². The highest BCUT2D eigenvalue weighted by atomic mass is 19.1. The van der Waals surface area contributed by atoms with Crippen LogP contribution in [0.25, 0.3) is 0 Å². The topological polar surface area (TPSA) is 53.1 Å². The van der Waals surface area contributed by atoms with E-state index in [1.165, 1.54) is 6.07 Å². The fraction of sp³-hybridized carbons (Fsp3) is 0.188. The van der Waals surface area contributed by atoms with Gasteiger partial charge in [-0.15, -0.1) is 0 Å². The van der Waals surface area contributed by atoms with Crippen LogP contribution >= 0.6 is 0 Å². The van der Waals surface area contributed by atoms with Crippen molar-refractivity contribution in [2.24, 2.45) is 5.73 Å². The van der Waals surface area contributed by atoms with Crippen LogP contribution in [0.15, 0.2) is 42.5 Å². The summed E-state index contributed by atoms with van der Waals surface area (Å²) in [6, 6.07) is 12.4. The van der Waals surface area contributed by atoms with Crippen molar-refractivity contribution in [2.45, 2.75) is 13.5 Å². The van der Waals surface area contributed by atoms with E-state index in [-0.39, 0.29) is 11.7 Å². The fourth-order valence-corrected chi connectivity index (χ4v) is 2.17. The third kappa shape index (κ3) is 2.96. The molecule has 0 unspecified atom stereocenters. The molecule has 3 nitrogen and oxygen atoms in total. The molecule has 0 aliphatic heterocycles. The molecule has 3 N–H and O–H groups in total. The van der Waals surface area contributed by atoms with Crippen molar-refractivity contribution < 1.29 is 4.39 Å². The lowest BCUT2D eigenvalue weighted by Gasteiger charge is -2.23. The highest BCUT2D eigenvalue weighted by molar-refractivity contribution is 6.00. The normalized spacial score (nSPS) is 10.3. The van der Waals surface area contributed by atoms with Crippen molar-refractivity contribution in [3.63, 3.8) is 0 Å². The zero-order valence-electron chi connectivity index (χ0n) is 11.7. The first kappa shape index (κ1) is 14.1. The van der Waals surface area contributed by atoms with E-state index in [0.717, 1.165) is 11.3 Å². The van der Waals surface area contributed by atoms with E-state index in [0.29, 0.717) is 17.7 Å². The molecule has 0 bridgehead atoms. The predicted molar refractivity (Wildman–Crippen MR) is 80.7 cm³/mol. The molecule has 2 aromatic rings. The van der Waals surface area contributed by atoms with Gasteiger partial charge in [0.05, 0.1) is 0 Å². The van der Waals surface area contributed by atoms with Gasteiger partial charge >= 0.3 is 0 Å². The Morgan fingerprint density at radius 2 is 1.95 bits per heavy atom. The number of rotatable bonds is 4. The standard InChI is InChI=1S/C16H18FN3/c1-11-7-8-15(13(9-11)16(18)19)20(2)10-12-5-3-4-6-14(12)17/h3-9H,10H2,1-2H3,(H3,18,19). The highest BCUT2D eigenvalue weighted by Crippen LogP contribution is 2.22. The first-order chi connectivity index (χ1) is 9.49. The molecule has 0 radical (unpaired) electrons. The molecule has 2 aromatic carbocycles. The number of anilines is 1. The summed E-state index contributed by atoms with van der Waals surface area (Å²) in [7, 11) is 1.86. The van der Waals surface area contributed by atoms with Crippen LogP contribution in [0.3, 0.4) is 0 Å². The van der Waals surface area contributed by atoms with Crippen LogP contribution in [0.4, 0.5) is 10.1 Å². The number of nitrogen functional groups attached to an aromatic ring is 1. The van der Waals surface area contributed by atoms with Crippen LogP contribution in [0, 0.1) is 18.2 Å². The zero-order valence-corrected chi connectivity index (χ0v) is 11.7. The number of nitrogens with two attached hydrogens (primary N) is 1. The zero-order chi connectivity index (χ0) is 14.7. The minimum Gasteiger partial charge on any atom is -0.384 e. The first-order valence-corrected chi connectivity index (χ1v) is 6.38. The van der Waals surface area contributed by atoms with E-state index in [9.17, 15) is 4.39 Å². The maximum absolute atomic E-state index is 13.7. The van der Waals surface area contributed by atoms with Crippen LogP contribution in [0.2, 0.25) is 0 Å². The minimum absolute atomic E-state index is 0.0177. The second-order valence-corrected chi connectivity index (χ2v) is 4.88. The lowest BCUT2D eigenvalue weighted by Crippen LogP contribution is -2.22. The summed E-state index contributed by atoms with van der Waals surface area (Å²) in [6.07, 6.45) is 0. The van der Waals surface area contributed by atoms with Crippen LogP contribution in [-0.2, 0) is 6.54 Å². The Labute approximate surface area is 118 Å². The van der Waals surface area contributed by atoms with Crippen molar-refractivity contribution >= 4 is 11.5 Å². The van der Waals surface area contributed by atoms with Gasteiger partial charge in [-0.1, -0.05) is 29.8 Å². The Morgan fingerprint density at radius 3 is 2.60 bits per heavy atom. The van der Waals surface area contributed by atoms with Gasteiger partial charge in [-0.25, -0.2) is 4.39 Å². The van der Waals surface area contributed by atoms with E-state index in [1.54, 1.807) is 12.1 Å². The molecule has 0 saturated heterocycles. The summed E-state index contributed by atoms with van der Waals surface area (Å²) < 4.78 is 13.7. The third-order valence-corrected chi connectivity index (χ3v) is 3.22. The molecule has 0 aromatic heterocycles. The highest BCUT2D eigenvalue weighted by Gasteiger charge is 2.12. The molecule has 0 atom stereocenters. The van der Waals surface area contributed by atoms with Gasteiger partial charge in [0.15, 0.2) is 0 Å². The van der Waals surface area contributed by atoms with Crippen LogP contribution in [0.5, 0.6) is 0 Å². The van der Waals surface area contributed by atoms with Crippen molar-refractivity contribution in [3.8, 4) is 0 Å². The summed E-state index contributed by atoms with van der Waals surface area (Å²) >= 11 is 0. The number of benzene rings is 2. The number of hydrogen-bond acceptors (Lipinski definition) is 2. The summed E-state index contributed by atoms with van der Waals surface area (Å²) in [5.74, 6) is -0.208. The van der Waals surface area contributed by atoms with E-state index < -0.39 is 0 Å². The average Bonchev–Trinajstić information content (AvgIpc) is 2.41. The van der Waals surface area contributed by atoms with E-state index in [4.69, 9.17) is 11.1 Å². The molecule has 0 saturated carbocycles. The molecule has 0 spiro atoms. The van der Waals surface area contributed by atoms with Crippen LogP contribution in [0.1, 0.15) is 16.7 Å². The second kappa shape index (κ2) is 5.74. The molecule has 4 heteroatoms. The monoisotopic (exact) mass is 271 g/mol. The van der Waals surface area contributed by atoms with E-state index >= 15 is 0 Å². The second-order valence-electron chi connectivity index (χ2n) is 4.88. The van der Waals surface area contributed by atoms with Gasteiger partial charge in [0.2, 0.25) is 0 Å². The van der Waals surface area contributed by atoms with Crippen molar-refractivity contribution in [1.82, 2.24) is 0 Å². The molecule has 2 rings (SSSR count). The number of halogens is 1. The van der Waals surface area contributed by atoms with Crippen LogP contribution in [-0.4, -0.2) is 12.9 Å². The smallest absolute Gasteiger partial charge is 0.128 e. The summed E-state index contributed by atoms with van der Waals surface area (Å²) in [5.41, 5.74) is 8.78. The van der Waals surface area contributed by atoms with Crippen molar-refractivity contribution in [2.75, 3.05) is 11.9 Å². The fourth-order valence-electron chi connectivity index (χ4n) is 2.17. The molecule has 20 heavy (non-hydrogen) atoms. The molecule has 0 aliphatic rings. The molecule has 104 valence electrons. The van der Waals surface area contributed by atoms with E-state index in [1.807, 2.05) is 43.1 Å². The van der Waals surface area contributed by atoms with Crippen molar-refractivity contribution in [3.05, 3.63) is 65.0 Å². The maximum Gasteiger partial charge on any atom is 0.128 e. The Hall–Kier alpha value is -2.36. The van der Waals surface area contributed by atoms with Gasteiger partial charge in [0, 0.05) is 30.4 Å². The lowest BCUT2D eigenvalue weighted by molar-refractivity contribution is 0.608. The Bertz CT molecular complexity index is 637. The molecular weight excluding hydrogens is 253 g/mol. The average molecular weight is 271 g/mol. The number of nitrogens with one attached hydrogen (secondary N) is 1. The largest absolute Gasteiger partial charge is 0.384 e. The molecular formula is C16H18FN3. The Balaban J connectivity index is 2.32. The van der Waals surface area contributed by atoms with Crippen molar-refractivity contribution in [1.29, 1.82) is 5.41 Å². The molecule has 0 aliphatic carbocycles. The SMILES string of the molecule is Cc1ccc(N(C)Cc2ccccc2F)c(C(=N)N)c1. The van der Waals surface area contributed by atoms with Gasteiger partial charge in [0.25, 0.3) is 0 Å². The molecule has 0 heterocycles. The van der Waals surface area contributed by atoms with Gasteiger partial charge in [0.1, 0.15) is 11.7 Å². The minimum atomic E-state index is -0.226.